The molecule has 1 aliphatic carbocycles. The van der Waals surface area contributed by atoms with Gasteiger partial charge in [0, 0.05) is 12.6 Å². The minimum absolute atomic E-state index is 0.189. The van der Waals surface area contributed by atoms with Gasteiger partial charge in [0.1, 0.15) is 11.6 Å². The third-order valence-electron chi connectivity index (χ3n) is 3.85. The van der Waals surface area contributed by atoms with Gasteiger partial charge in [0.25, 0.3) is 0 Å². The van der Waals surface area contributed by atoms with Crippen LogP contribution < -0.4 is 4.72 Å². The fraction of sp³-hybridized carbons (Fsp3) is 0.500. The van der Waals surface area contributed by atoms with Crippen LogP contribution in [0.15, 0.2) is 17.0 Å². The molecular weight excluding hydrogens is 314 g/mol. The first-order valence-electron chi connectivity index (χ1n) is 6.91. The van der Waals surface area contributed by atoms with Crippen molar-refractivity contribution in [2.45, 2.75) is 36.6 Å². The second-order valence-corrected chi connectivity index (χ2v) is 6.99. The average molecular weight is 330 g/mol. The Kier molecular flexibility index (Phi) is 5.11. The standard InChI is InChI=1S/C14H16F2N2O3S/c15-11-5-9(7-17)6-12(16)14(11)22(20,21)18-13-4-2-1-3-10(13)8-19/h5-6,10,13,18-19H,1-4,8H2. The Morgan fingerprint density at radius 1 is 1.27 bits per heavy atom. The molecule has 0 heterocycles. The molecule has 22 heavy (non-hydrogen) atoms. The number of hydrogen-bond acceptors (Lipinski definition) is 4. The van der Waals surface area contributed by atoms with Crippen molar-refractivity contribution in [1.29, 1.82) is 5.26 Å². The van der Waals surface area contributed by atoms with Gasteiger partial charge in [-0.2, -0.15) is 5.26 Å². The highest BCUT2D eigenvalue weighted by Crippen LogP contribution is 2.27. The van der Waals surface area contributed by atoms with Crippen molar-refractivity contribution in [2.75, 3.05) is 6.61 Å². The van der Waals surface area contributed by atoms with Gasteiger partial charge >= 0.3 is 0 Å². The SMILES string of the molecule is N#Cc1cc(F)c(S(=O)(=O)NC2CCCCC2CO)c(F)c1. The summed E-state index contributed by atoms with van der Waals surface area (Å²) in [6.07, 6.45) is 2.82. The fourth-order valence-electron chi connectivity index (χ4n) is 2.72. The number of hydrogen-bond donors (Lipinski definition) is 2. The molecule has 2 N–H and O–H groups in total. The van der Waals surface area contributed by atoms with E-state index in [4.69, 9.17) is 5.26 Å². The molecule has 1 aromatic rings. The maximum atomic E-state index is 13.9. The third-order valence-corrected chi connectivity index (χ3v) is 5.39. The minimum Gasteiger partial charge on any atom is -0.396 e. The second-order valence-electron chi connectivity index (χ2n) is 5.34. The Balaban J connectivity index is 2.33. The Morgan fingerprint density at radius 3 is 2.41 bits per heavy atom. The van der Waals surface area contributed by atoms with Crippen molar-refractivity contribution >= 4 is 10.0 Å². The van der Waals surface area contributed by atoms with Crippen LogP contribution in [-0.4, -0.2) is 26.2 Å². The highest BCUT2D eigenvalue weighted by Gasteiger charge is 2.32. The lowest BCUT2D eigenvalue weighted by Crippen LogP contribution is -2.43. The highest BCUT2D eigenvalue weighted by atomic mass is 32.2. The lowest BCUT2D eigenvalue weighted by atomic mass is 9.86. The van der Waals surface area contributed by atoms with E-state index >= 15 is 0 Å². The summed E-state index contributed by atoms with van der Waals surface area (Å²) in [4.78, 5) is -1.09. The molecule has 1 fully saturated rings. The zero-order valence-corrected chi connectivity index (χ0v) is 12.5. The number of sulfonamides is 1. The Bertz CT molecular complexity index is 678. The molecule has 1 aliphatic rings. The van der Waals surface area contributed by atoms with Gasteiger partial charge in [-0.3, -0.25) is 0 Å². The van der Waals surface area contributed by atoms with Gasteiger partial charge in [-0.1, -0.05) is 12.8 Å². The predicted molar refractivity (Wildman–Crippen MR) is 74.2 cm³/mol. The maximum Gasteiger partial charge on any atom is 0.246 e. The molecule has 2 unspecified atom stereocenters. The molecule has 2 atom stereocenters. The zero-order valence-electron chi connectivity index (χ0n) is 11.7. The molecule has 0 aliphatic heterocycles. The Hall–Kier alpha value is -1.56. The average Bonchev–Trinajstić information content (AvgIpc) is 2.46. The number of nitrogens with one attached hydrogen (secondary N) is 1. The van der Waals surface area contributed by atoms with Gasteiger partial charge in [0.2, 0.25) is 10.0 Å². The number of nitriles is 1. The smallest absolute Gasteiger partial charge is 0.246 e. The van der Waals surface area contributed by atoms with Crippen molar-refractivity contribution in [3.8, 4) is 6.07 Å². The van der Waals surface area contributed by atoms with Gasteiger partial charge in [-0.25, -0.2) is 21.9 Å². The summed E-state index contributed by atoms with van der Waals surface area (Å²) in [7, 11) is -4.41. The van der Waals surface area contributed by atoms with Crippen LogP contribution in [0.1, 0.15) is 31.2 Å². The van der Waals surface area contributed by atoms with Gasteiger partial charge in [0.15, 0.2) is 4.90 Å². The van der Waals surface area contributed by atoms with Gasteiger partial charge in [-0.05, 0) is 30.9 Å². The molecule has 2 rings (SSSR count). The van der Waals surface area contributed by atoms with Gasteiger partial charge < -0.3 is 5.11 Å². The molecule has 120 valence electrons. The topological polar surface area (TPSA) is 90.2 Å². The van der Waals surface area contributed by atoms with E-state index in [0.717, 1.165) is 12.8 Å². The first-order chi connectivity index (χ1) is 10.4. The fourth-order valence-corrected chi connectivity index (χ4v) is 4.18. The predicted octanol–water partition coefficient (Wildman–Crippen LogP) is 1.67. The quantitative estimate of drug-likeness (QED) is 0.878. The van der Waals surface area contributed by atoms with E-state index in [1.54, 1.807) is 6.07 Å². The summed E-state index contributed by atoms with van der Waals surface area (Å²) >= 11 is 0. The van der Waals surface area contributed by atoms with Crippen molar-refractivity contribution in [3.05, 3.63) is 29.3 Å². The number of rotatable bonds is 4. The monoisotopic (exact) mass is 330 g/mol. The van der Waals surface area contributed by atoms with E-state index in [0.29, 0.717) is 25.0 Å². The van der Waals surface area contributed by atoms with E-state index in [1.165, 1.54) is 0 Å². The minimum atomic E-state index is -4.41. The Morgan fingerprint density at radius 2 is 1.86 bits per heavy atom. The van der Waals surface area contributed by atoms with E-state index < -0.39 is 32.6 Å². The van der Waals surface area contributed by atoms with Crippen molar-refractivity contribution in [3.63, 3.8) is 0 Å². The van der Waals surface area contributed by atoms with E-state index in [9.17, 15) is 22.3 Å². The normalized spacial score (nSPS) is 22.3. The first kappa shape index (κ1) is 16.8. The van der Waals surface area contributed by atoms with Gasteiger partial charge in [-0.15, -0.1) is 0 Å². The van der Waals surface area contributed by atoms with Crippen molar-refractivity contribution < 1.29 is 22.3 Å². The molecule has 0 aromatic heterocycles. The van der Waals surface area contributed by atoms with Crippen molar-refractivity contribution in [2.24, 2.45) is 5.92 Å². The molecule has 0 radical (unpaired) electrons. The molecule has 1 aromatic carbocycles. The molecule has 1 saturated carbocycles. The summed E-state index contributed by atoms with van der Waals surface area (Å²) in [6.45, 7) is -0.189. The van der Waals surface area contributed by atoms with Crippen LogP contribution in [0.2, 0.25) is 0 Å². The summed E-state index contributed by atoms with van der Waals surface area (Å²) in [5, 5.41) is 17.9. The number of halogens is 2. The van der Waals surface area contributed by atoms with Crippen LogP contribution >= 0.6 is 0 Å². The van der Waals surface area contributed by atoms with Crippen LogP contribution in [0, 0.1) is 28.9 Å². The third kappa shape index (κ3) is 3.43. The zero-order chi connectivity index (χ0) is 16.3. The molecule has 0 spiro atoms. The van der Waals surface area contributed by atoms with Crippen LogP contribution in [0.3, 0.4) is 0 Å². The lowest BCUT2D eigenvalue weighted by molar-refractivity contribution is 0.164. The largest absolute Gasteiger partial charge is 0.396 e. The number of nitrogens with zero attached hydrogens (tertiary/aromatic N) is 1. The number of aliphatic hydroxyl groups is 1. The van der Waals surface area contributed by atoms with E-state index in [2.05, 4.69) is 4.72 Å². The molecule has 0 bridgehead atoms. The number of aliphatic hydroxyl groups excluding tert-OH is 1. The Labute approximate surface area is 127 Å². The first-order valence-corrected chi connectivity index (χ1v) is 8.39. The van der Waals surface area contributed by atoms with Gasteiger partial charge in [0.05, 0.1) is 11.6 Å². The summed E-state index contributed by atoms with van der Waals surface area (Å²) in [5.41, 5.74) is -0.292. The summed E-state index contributed by atoms with van der Waals surface area (Å²) < 4.78 is 54.5. The van der Waals surface area contributed by atoms with E-state index in [-0.39, 0.29) is 18.1 Å². The summed E-state index contributed by atoms with van der Waals surface area (Å²) in [5.74, 6) is -2.88. The molecule has 8 heteroatoms. The van der Waals surface area contributed by atoms with Crippen LogP contribution in [0.5, 0.6) is 0 Å². The molecular formula is C14H16F2N2O3S. The second kappa shape index (κ2) is 6.69. The lowest BCUT2D eigenvalue weighted by Gasteiger charge is -2.30. The molecule has 0 amide bonds. The molecule has 5 nitrogen and oxygen atoms in total. The highest BCUT2D eigenvalue weighted by molar-refractivity contribution is 7.89. The van der Waals surface area contributed by atoms with Crippen LogP contribution in [0.25, 0.3) is 0 Å². The summed E-state index contributed by atoms with van der Waals surface area (Å²) in [6, 6.07) is 2.36. The van der Waals surface area contributed by atoms with E-state index in [1.807, 2.05) is 0 Å². The van der Waals surface area contributed by atoms with Crippen molar-refractivity contribution in [1.82, 2.24) is 4.72 Å². The van der Waals surface area contributed by atoms with Crippen LogP contribution in [-0.2, 0) is 10.0 Å². The molecule has 0 saturated heterocycles. The van der Waals surface area contributed by atoms with Crippen LogP contribution in [0.4, 0.5) is 8.78 Å². The maximum absolute atomic E-state index is 13.9. The number of benzene rings is 1.